The van der Waals surface area contributed by atoms with Crippen molar-refractivity contribution in [1.29, 1.82) is 0 Å². The molecule has 1 nitrogen and oxygen atoms in total. The summed E-state index contributed by atoms with van der Waals surface area (Å²) < 4.78 is 0. The highest BCUT2D eigenvalue weighted by Crippen LogP contribution is 2.34. The van der Waals surface area contributed by atoms with Crippen molar-refractivity contribution in [2.45, 2.75) is 59.4 Å². The molecule has 14 heavy (non-hydrogen) atoms. The lowest BCUT2D eigenvalue weighted by Gasteiger charge is -2.32. The van der Waals surface area contributed by atoms with Gasteiger partial charge in [0.2, 0.25) is 0 Å². The topological polar surface area (TPSA) is 12.0 Å². The highest BCUT2D eigenvalue weighted by atomic mass is 14.9. The first kappa shape index (κ1) is 12.0. The lowest BCUT2D eigenvalue weighted by atomic mass is 9.81. The first-order valence-corrected chi connectivity index (χ1v) is 6.40. The summed E-state index contributed by atoms with van der Waals surface area (Å²) in [6, 6.07) is 0.725. The van der Waals surface area contributed by atoms with E-state index >= 15 is 0 Å². The molecule has 1 N–H and O–H groups in total. The van der Waals surface area contributed by atoms with Crippen LogP contribution in [0.5, 0.6) is 0 Å². The van der Waals surface area contributed by atoms with Crippen molar-refractivity contribution < 1.29 is 0 Å². The van der Waals surface area contributed by atoms with Crippen molar-refractivity contribution in [3.8, 4) is 0 Å². The monoisotopic (exact) mass is 197 g/mol. The van der Waals surface area contributed by atoms with E-state index in [-0.39, 0.29) is 0 Å². The van der Waals surface area contributed by atoms with Crippen LogP contribution >= 0.6 is 0 Å². The molecule has 1 heteroatoms. The minimum Gasteiger partial charge on any atom is -0.314 e. The second kappa shape index (κ2) is 5.75. The highest BCUT2D eigenvalue weighted by Gasteiger charge is 2.28. The maximum atomic E-state index is 3.66. The van der Waals surface area contributed by atoms with Crippen molar-refractivity contribution in [3.63, 3.8) is 0 Å². The van der Waals surface area contributed by atoms with Crippen LogP contribution in [0.4, 0.5) is 0 Å². The molecule has 0 aliphatic heterocycles. The molecule has 0 aromatic heterocycles. The summed E-state index contributed by atoms with van der Waals surface area (Å²) >= 11 is 0. The summed E-state index contributed by atoms with van der Waals surface area (Å²) in [7, 11) is 0. The molecule has 2 atom stereocenters. The van der Waals surface area contributed by atoms with Gasteiger partial charge in [-0.3, -0.25) is 0 Å². The predicted octanol–water partition coefficient (Wildman–Crippen LogP) is 3.45. The molecular weight excluding hydrogens is 170 g/mol. The molecule has 0 amide bonds. The van der Waals surface area contributed by atoms with E-state index < -0.39 is 0 Å². The quantitative estimate of drug-likeness (QED) is 0.712. The Morgan fingerprint density at radius 1 is 1.14 bits per heavy atom. The van der Waals surface area contributed by atoms with E-state index in [1.54, 1.807) is 0 Å². The first-order chi connectivity index (χ1) is 6.66. The van der Waals surface area contributed by atoms with Gasteiger partial charge in [-0.2, -0.15) is 0 Å². The maximum Gasteiger partial charge on any atom is 0.0118 e. The summed E-state index contributed by atoms with van der Waals surface area (Å²) in [6.45, 7) is 10.5. The largest absolute Gasteiger partial charge is 0.314 e. The SMILES string of the molecule is CCNC(C(C)C)C(C)C1CCCC1. The van der Waals surface area contributed by atoms with Crippen LogP contribution in [0, 0.1) is 17.8 Å². The average molecular weight is 197 g/mol. The van der Waals surface area contributed by atoms with E-state index in [1.165, 1.54) is 25.7 Å². The normalized spacial score (nSPS) is 22.9. The molecule has 0 aromatic rings. The first-order valence-electron chi connectivity index (χ1n) is 6.40. The highest BCUT2D eigenvalue weighted by molar-refractivity contribution is 4.83. The molecule has 2 unspecified atom stereocenters. The van der Waals surface area contributed by atoms with Gasteiger partial charge in [-0.25, -0.2) is 0 Å². The van der Waals surface area contributed by atoms with Gasteiger partial charge in [-0.1, -0.05) is 53.4 Å². The fraction of sp³-hybridized carbons (Fsp3) is 1.00. The van der Waals surface area contributed by atoms with E-state index in [0.717, 1.165) is 30.3 Å². The Hall–Kier alpha value is -0.0400. The maximum absolute atomic E-state index is 3.66. The summed E-state index contributed by atoms with van der Waals surface area (Å²) in [5.74, 6) is 2.62. The molecule has 84 valence electrons. The van der Waals surface area contributed by atoms with Crippen LogP contribution in [0.1, 0.15) is 53.4 Å². The van der Waals surface area contributed by atoms with Crippen molar-refractivity contribution in [3.05, 3.63) is 0 Å². The van der Waals surface area contributed by atoms with Gasteiger partial charge in [0.15, 0.2) is 0 Å². The molecule has 0 spiro atoms. The Kier molecular flexibility index (Phi) is 4.94. The fourth-order valence-corrected chi connectivity index (χ4v) is 3.04. The van der Waals surface area contributed by atoms with Crippen LogP contribution < -0.4 is 5.32 Å². The molecule has 1 fully saturated rings. The summed E-state index contributed by atoms with van der Waals surface area (Å²) in [6.07, 6.45) is 5.86. The minimum absolute atomic E-state index is 0.725. The van der Waals surface area contributed by atoms with Gasteiger partial charge in [-0.05, 0) is 24.3 Å². The molecule has 0 bridgehead atoms. The Balaban J connectivity index is 2.48. The zero-order valence-electron chi connectivity index (χ0n) is 10.3. The Morgan fingerprint density at radius 3 is 2.14 bits per heavy atom. The summed E-state index contributed by atoms with van der Waals surface area (Å²) in [4.78, 5) is 0. The number of hydrogen-bond donors (Lipinski definition) is 1. The standard InChI is InChI=1S/C13H27N/c1-5-14-13(10(2)3)11(4)12-8-6-7-9-12/h10-14H,5-9H2,1-4H3. The molecule has 0 heterocycles. The molecule has 0 saturated heterocycles. The van der Waals surface area contributed by atoms with Crippen LogP contribution in [0.3, 0.4) is 0 Å². The second-order valence-electron chi connectivity index (χ2n) is 5.23. The lowest BCUT2D eigenvalue weighted by Crippen LogP contribution is -2.41. The van der Waals surface area contributed by atoms with Crippen molar-refractivity contribution in [2.75, 3.05) is 6.54 Å². The Morgan fingerprint density at radius 2 is 1.71 bits per heavy atom. The van der Waals surface area contributed by atoms with Crippen molar-refractivity contribution in [2.24, 2.45) is 17.8 Å². The van der Waals surface area contributed by atoms with Crippen LogP contribution in [-0.4, -0.2) is 12.6 Å². The van der Waals surface area contributed by atoms with Gasteiger partial charge < -0.3 is 5.32 Å². The Bertz CT molecular complexity index is 147. The predicted molar refractivity (Wildman–Crippen MR) is 63.4 cm³/mol. The molecule has 1 aliphatic carbocycles. The molecule has 1 aliphatic rings. The number of hydrogen-bond acceptors (Lipinski definition) is 1. The van der Waals surface area contributed by atoms with E-state index in [2.05, 4.69) is 33.0 Å². The van der Waals surface area contributed by atoms with E-state index in [9.17, 15) is 0 Å². The van der Waals surface area contributed by atoms with E-state index in [1.807, 2.05) is 0 Å². The molecule has 0 radical (unpaired) electrons. The minimum atomic E-state index is 0.725. The van der Waals surface area contributed by atoms with Crippen LogP contribution in [0.2, 0.25) is 0 Å². The Labute approximate surface area is 89.7 Å². The van der Waals surface area contributed by atoms with Gasteiger partial charge in [0.1, 0.15) is 0 Å². The zero-order chi connectivity index (χ0) is 10.6. The van der Waals surface area contributed by atoms with Gasteiger partial charge in [0.05, 0.1) is 0 Å². The number of rotatable bonds is 5. The average Bonchev–Trinajstić information content (AvgIpc) is 2.65. The molecule has 0 aromatic carbocycles. The third-order valence-electron chi connectivity index (χ3n) is 3.87. The summed E-state index contributed by atoms with van der Waals surface area (Å²) in [5.41, 5.74) is 0. The van der Waals surface area contributed by atoms with E-state index in [0.29, 0.717) is 0 Å². The smallest absolute Gasteiger partial charge is 0.0118 e. The third kappa shape index (κ3) is 2.98. The summed E-state index contributed by atoms with van der Waals surface area (Å²) in [5, 5.41) is 3.66. The van der Waals surface area contributed by atoms with Gasteiger partial charge in [0.25, 0.3) is 0 Å². The number of nitrogens with one attached hydrogen (secondary N) is 1. The van der Waals surface area contributed by atoms with Crippen LogP contribution in [-0.2, 0) is 0 Å². The second-order valence-corrected chi connectivity index (χ2v) is 5.23. The molecule has 1 rings (SSSR count). The molecular formula is C13H27N. The lowest BCUT2D eigenvalue weighted by molar-refractivity contribution is 0.226. The van der Waals surface area contributed by atoms with Crippen LogP contribution in [0.25, 0.3) is 0 Å². The van der Waals surface area contributed by atoms with Gasteiger partial charge >= 0.3 is 0 Å². The van der Waals surface area contributed by atoms with Crippen LogP contribution in [0.15, 0.2) is 0 Å². The fourth-order valence-electron chi connectivity index (χ4n) is 3.04. The third-order valence-corrected chi connectivity index (χ3v) is 3.87. The van der Waals surface area contributed by atoms with Gasteiger partial charge in [-0.15, -0.1) is 0 Å². The van der Waals surface area contributed by atoms with Gasteiger partial charge in [0, 0.05) is 6.04 Å². The van der Waals surface area contributed by atoms with Crippen molar-refractivity contribution in [1.82, 2.24) is 5.32 Å². The van der Waals surface area contributed by atoms with Crippen molar-refractivity contribution >= 4 is 0 Å². The zero-order valence-corrected chi connectivity index (χ0v) is 10.3. The van der Waals surface area contributed by atoms with E-state index in [4.69, 9.17) is 0 Å². The molecule has 1 saturated carbocycles.